The Morgan fingerprint density at radius 2 is 2.24 bits per heavy atom. The average Bonchev–Trinajstić information content (AvgIpc) is 2.38. The third kappa shape index (κ3) is 2.86. The van der Waals surface area contributed by atoms with Gasteiger partial charge in [0.25, 0.3) is 0 Å². The molecule has 1 aromatic heterocycles. The summed E-state index contributed by atoms with van der Waals surface area (Å²) in [6, 6.07) is 4.23. The topological polar surface area (TPSA) is 42.1 Å². The number of nitrogens with zero attached hydrogens (tertiary/aromatic N) is 2. The zero-order chi connectivity index (χ0) is 12.3. The molecule has 0 unspecified atom stereocenters. The van der Waals surface area contributed by atoms with Crippen LogP contribution in [0.3, 0.4) is 0 Å². The minimum atomic E-state index is 0.588. The summed E-state index contributed by atoms with van der Waals surface area (Å²) < 4.78 is 0. The minimum Gasteiger partial charge on any atom is -0.352 e. The number of pyridine rings is 1. The van der Waals surface area contributed by atoms with Gasteiger partial charge in [-0.3, -0.25) is 0 Å². The van der Waals surface area contributed by atoms with Crippen LogP contribution in [0.1, 0.15) is 31.5 Å². The molecule has 17 heavy (non-hydrogen) atoms. The van der Waals surface area contributed by atoms with E-state index in [1.807, 2.05) is 0 Å². The molecule has 0 aliphatic carbocycles. The Bertz CT molecular complexity index is 401. The molecular weight excluding hydrogens is 210 g/mol. The van der Waals surface area contributed by atoms with Gasteiger partial charge in [-0.25, -0.2) is 4.98 Å². The van der Waals surface area contributed by atoms with Gasteiger partial charge < -0.3 is 10.6 Å². The van der Waals surface area contributed by atoms with E-state index in [1.54, 1.807) is 0 Å². The first-order valence-corrected chi connectivity index (χ1v) is 6.33. The molecule has 2 heterocycles. The first-order valence-electron chi connectivity index (χ1n) is 6.33. The van der Waals surface area contributed by atoms with Crippen molar-refractivity contribution in [2.45, 2.75) is 33.2 Å². The molecule has 0 radical (unpaired) electrons. The molecule has 1 aromatic rings. The van der Waals surface area contributed by atoms with Gasteiger partial charge in [0.05, 0.1) is 0 Å². The molecule has 0 saturated carbocycles. The van der Waals surface area contributed by atoms with Gasteiger partial charge in [0.15, 0.2) is 0 Å². The molecule has 0 bridgehead atoms. The van der Waals surface area contributed by atoms with Gasteiger partial charge in [-0.2, -0.15) is 0 Å². The molecule has 0 atom stereocenters. The molecule has 0 aromatic carbocycles. The molecule has 2 N–H and O–H groups in total. The van der Waals surface area contributed by atoms with Crippen LogP contribution in [0.2, 0.25) is 0 Å². The van der Waals surface area contributed by atoms with Gasteiger partial charge in [-0.1, -0.05) is 18.6 Å². The largest absolute Gasteiger partial charge is 0.352 e. The highest BCUT2D eigenvalue weighted by Crippen LogP contribution is 2.20. The molecule has 1 aliphatic rings. The Kier molecular flexibility index (Phi) is 3.79. The molecule has 1 aliphatic heterocycles. The number of nitrogens with two attached hydrogens (primary N) is 1. The molecule has 0 saturated heterocycles. The van der Waals surface area contributed by atoms with Crippen molar-refractivity contribution in [1.82, 2.24) is 4.98 Å². The molecule has 3 nitrogen and oxygen atoms in total. The maximum Gasteiger partial charge on any atom is 0.129 e. The second-order valence-electron chi connectivity index (χ2n) is 4.64. The fraction of sp³-hybridized carbons (Fsp3) is 0.500. The first kappa shape index (κ1) is 12.1. The van der Waals surface area contributed by atoms with Crippen LogP contribution in [0.4, 0.5) is 5.82 Å². The van der Waals surface area contributed by atoms with Crippen molar-refractivity contribution < 1.29 is 0 Å². The fourth-order valence-corrected chi connectivity index (χ4v) is 2.20. The molecule has 0 spiro atoms. The number of hydrogen-bond acceptors (Lipinski definition) is 3. The van der Waals surface area contributed by atoms with E-state index in [-0.39, 0.29) is 0 Å². The minimum absolute atomic E-state index is 0.588. The normalized spacial score (nSPS) is 15.9. The standard InChI is InChI=1S/C14H21N3/c1-3-13-7-12(9-15)8-14(16-13)17-6-4-5-11(2)10-17/h5,7-8H,3-4,6,9-10,15H2,1-2H3. The van der Waals surface area contributed by atoms with Crippen LogP contribution in [-0.2, 0) is 13.0 Å². The lowest BCUT2D eigenvalue weighted by Crippen LogP contribution is -2.30. The van der Waals surface area contributed by atoms with E-state index < -0.39 is 0 Å². The van der Waals surface area contributed by atoms with Crippen molar-refractivity contribution in [3.8, 4) is 0 Å². The van der Waals surface area contributed by atoms with Crippen LogP contribution in [0.15, 0.2) is 23.8 Å². The predicted octanol–water partition coefficient (Wildman–Crippen LogP) is 2.26. The maximum atomic E-state index is 5.74. The number of rotatable bonds is 3. The lowest BCUT2D eigenvalue weighted by Gasteiger charge is -2.28. The molecular formula is C14H21N3. The number of anilines is 1. The Balaban J connectivity index is 2.28. The van der Waals surface area contributed by atoms with Crippen molar-refractivity contribution >= 4 is 5.82 Å². The Hall–Kier alpha value is -1.35. The quantitative estimate of drug-likeness (QED) is 0.811. The predicted molar refractivity (Wildman–Crippen MR) is 72.1 cm³/mol. The molecule has 3 heteroatoms. The average molecular weight is 231 g/mol. The van der Waals surface area contributed by atoms with Crippen LogP contribution in [0.5, 0.6) is 0 Å². The van der Waals surface area contributed by atoms with Crippen molar-refractivity contribution in [1.29, 1.82) is 0 Å². The number of aromatic nitrogens is 1. The smallest absolute Gasteiger partial charge is 0.129 e. The monoisotopic (exact) mass is 231 g/mol. The number of aryl methyl sites for hydroxylation is 1. The third-order valence-corrected chi connectivity index (χ3v) is 3.18. The first-order chi connectivity index (χ1) is 8.22. The van der Waals surface area contributed by atoms with E-state index in [0.717, 1.165) is 37.4 Å². The molecule has 0 fully saturated rings. The third-order valence-electron chi connectivity index (χ3n) is 3.18. The molecule has 92 valence electrons. The summed E-state index contributed by atoms with van der Waals surface area (Å²) in [4.78, 5) is 7.04. The zero-order valence-corrected chi connectivity index (χ0v) is 10.7. The van der Waals surface area contributed by atoms with Gasteiger partial charge in [0.2, 0.25) is 0 Å². The van der Waals surface area contributed by atoms with Crippen LogP contribution >= 0.6 is 0 Å². The van der Waals surface area contributed by atoms with Crippen LogP contribution in [-0.4, -0.2) is 18.1 Å². The summed E-state index contributed by atoms with van der Waals surface area (Å²) in [5.41, 5.74) is 9.48. The number of hydrogen-bond donors (Lipinski definition) is 1. The SMILES string of the molecule is CCc1cc(CN)cc(N2CCC=C(C)C2)n1. The highest BCUT2D eigenvalue weighted by atomic mass is 15.2. The van der Waals surface area contributed by atoms with E-state index in [4.69, 9.17) is 10.7 Å². The van der Waals surface area contributed by atoms with Gasteiger partial charge in [-0.05, 0) is 37.5 Å². The van der Waals surface area contributed by atoms with Gasteiger partial charge in [-0.15, -0.1) is 0 Å². The van der Waals surface area contributed by atoms with Crippen molar-refractivity contribution in [2.24, 2.45) is 5.73 Å². The lowest BCUT2D eigenvalue weighted by molar-refractivity contribution is 0.771. The summed E-state index contributed by atoms with van der Waals surface area (Å²) >= 11 is 0. The molecule has 0 amide bonds. The molecule has 2 rings (SSSR count). The summed E-state index contributed by atoms with van der Waals surface area (Å²) in [7, 11) is 0. The van der Waals surface area contributed by atoms with E-state index in [9.17, 15) is 0 Å². The van der Waals surface area contributed by atoms with Crippen LogP contribution in [0, 0.1) is 0 Å². The van der Waals surface area contributed by atoms with E-state index in [1.165, 1.54) is 11.1 Å². The summed E-state index contributed by atoms with van der Waals surface area (Å²) in [6.45, 7) is 6.95. The Morgan fingerprint density at radius 1 is 1.41 bits per heavy atom. The highest BCUT2D eigenvalue weighted by molar-refractivity contribution is 5.45. The van der Waals surface area contributed by atoms with Crippen LogP contribution < -0.4 is 10.6 Å². The van der Waals surface area contributed by atoms with Gasteiger partial charge >= 0.3 is 0 Å². The van der Waals surface area contributed by atoms with E-state index >= 15 is 0 Å². The van der Waals surface area contributed by atoms with Gasteiger partial charge in [0, 0.05) is 25.3 Å². The van der Waals surface area contributed by atoms with Crippen molar-refractivity contribution in [3.63, 3.8) is 0 Å². The van der Waals surface area contributed by atoms with Crippen molar-refractivity contribution in [2.75, 3.05) is 18.0 Å². The summed E-state index contributed by atoms with van der Waals surface area (Å²) in [5, 5.41) is 0. The second-order valence-corrected chi connectivity index (χ2v) is 4.64. The summed E-state index contributed by atoms with van der Waals surface area (Å²) in [6.07, 6.45) is 4.38. The van der Waals surface area contributed by atoms with Crippen molar-refractivity contribution in [3.05, 3.63) is 35.0 Å². The second kappa shape index (κ2) is 5.32. The van der Waals surface area contributed by atoms with E-state index in [0.29, 0.717) is 6.54 Å². The highest BCUT2D eigenvalue weighted by Gasteiger charge is 2.13. The van der Waals surface area contributed by atoms with E-state index in [2.05, 4.69) is 37.0 Å². The lowest BCUT2D eigenvalue weighted by atomic mass is 10.1. The summed E-state index contributed by atoms with van der Waals surface area (Å²) in [5.74, 6) is 1.08. The zero-order valence-electron chi connectivity index (χ0n) is 10.7. The Labute approximate surface area is 103 Å². The Morgan fingerprint density at radius 3 is 2.88 bits per heavy atom. The maximum absolute atomic E-state index is 5.74. The van der Waals surface area contributed by atoms with Gasteiger partial charge in [0.1, 0.15) is 5.82 Å². The fourth-order valence-electron chi connectivity index (χ4n) is 2.20. The van der Waals surface area contributed by atoms with Crippen LogP contribution in [0.25, 0.3) is 0 Å².